The molecule has 2 heteroatoms. The SMILES string of the molecule is CC(C)C(C)NC1CCCCC1N. The van der Waals surface area contributed by atoms with E-state index in [2.05, 4.69) is 26.1 Å². The van der Waals surface area contributed by atoms with Crippen molar-refractivity contribution in [2.45, 2.75) is 64.6 Å². The average molecular weight is 184 g/mol. The maximum atomic E-state index is 6.06. The predicted octanol–water partition coefficient (Wildman–Crippen LogP) is 1.89. The van der Waals surface area contributed by atoms with Crippen LogP contribution in [0.4, 0.5) is 0 Å². The zero-order valence-corrected chi connectivity index (χ0v) is 9.22. The minimum absolute atomic E-state index is 0.384. The molecule has 0 aromatic heterocycles. The molecule has 1 saturated carbocycles. The number of hydrogen-bond donors (Lipinski definition) is 2. The molecule has 78 valence electrons. The maximum absolute atomic E-state index is 6.06. The van der Waals surface area contributed by atoms with Crippen LogP contribution in [0.25, 0.3) is 0 Å². The molecule has 3 atom stereocenters. The molecule has 0 aliphatic heterocycles. The molecule has 2 nitrogen and oxygen atoms in total. The van der Waals surface area contributed by atoms with Gasteiger partial charge < -0.3 is 11.1 Å². The second-order valence-electron chi connectivity index (χ2n) is 4.75. The van der Waals surface area contributed by atoms with E-state index in [0.717, 1.165) is 0 Å². The number of rotatable bonds is 3. The molecule has 0 bridgehead atoms. The van der Waals surface area contributed by atoms with E-state index in [1.54, 1.807) is 0 Å². The van der Waals surface area contributed by atoms with Gasteiger partial charge in [-0.25, -0.2) is 0 Å². The average Bonchev–Trinajstić information content (AvgIpc) is 2.08. The second kappa shape index (κ2) is 4.97. The molecule has 0 spiro atoms. The maximum Gasteiger partial charge on any atom is 0.0221 e. The summed E-state index contributed by atoms with van der Waals surface area (Å²) in [6.45, 7) is 6.77. The van der Waals surface area contributed by atoms with Crippen LogP contribution in [0.5, 0.6) is 0 Å². The quantitative estimate of drug-likeness (QED) is 0.703. The van der Waals surface area contributed by atoms with E-state index >= 15 is 0 Å². The molecule has 0 radical (unpaired) electrons. The highest BCUT2D eigenvalue weighted by atomic mass is 15.0. The van der Waals surface area contributed by atoms with Gasteiger partial charge in [-0.05, 0) is 25.7 Å². The number of nitrogens with two attached hydrogens (primary N) is 1. The third-order valence-corrected chi connectivity index (χ3v) is 3.30. The number of nitrogens with one attached hydrogen (secondary N) is 1. The van der Waals surface area contributed by atoms with Gasteiger partial charge in [0.25, 0.3) is 0 Å². The van der Waals surface area contributed by atoms with Crippen LogP contribution >= 0.6 is 0 Å². The summed E-state index contributed by atoms with van der Waals surface area (Å²) in [5.41, 5.74) is 6.06. The monoisotopic (exact) mass is 184 g/mol. The Labute approximate surface area is 82.3 Å². The van der Waals surface area contributed by atoms with Gasteiger partial charge >= 0.3 is 0 Å². The predicted molar refractivity (Wildman–Crippen MR) is 57.7 cm³/mol. The van der Waals surface area contributed by atoms with E-state index in [-0.39, 0.29) is 0 Å². The standard InChI is InChI=1S/C11H24N2/c1-8(2)9(3)13-11-7-5-4-6-10(11)12/h8-11,13H,4-7,12H2,1-3H3. The van der Waals surface area contributed by atoms with E-state index in [1.165, 1.54) is 25.7 Å². The number of hydrogen-bond acceptors (Lipinski definition) is 2. The lowest BCUT2D eigenvalue weighted by atomic mass is 9.90. The highest BCUT2D eigenvalue weighted by molar-refractivity contribution is 4.85. The highest BCUT2D eigenvalue weighted by Gasteiger charge is 2.23. The molecule has 1 aliphatic rings. The molecule has 3 unspecified atom stereocenters. The zero-order valence-electron chi connectivity index (χ0n) is 9.22. The molecule has 1 fully saturated rings. The summed E-state index contributed by atoms with van der Waals surface area (Å²) >= 11 is 0. The second-order valence-corrected chi connectivity index (χ2v) is 4.75. The van der Waals surface area contributed by atoms with E-state index in [0.29, 0.717) is 24.0 Å². The summed E-state index contributed by atoms with van der Waals surface area (Å²) in [7, 11) is 0. The fourth-order valence-corrected chi connectivity index (χ4v) is 1.90. The smallest absolute Gasteiger partial charge is 0.0221 e. The lowest BCUT2D eigenvalue weighted by molar-refractivity contribution is 0.280. The highest BCUT2D eigenvalue weighted by Crippen LogP contribution is 2.18. The molecule has 13 heavy (non-hydrogen) atoms. The topological polar surface area (TPSA) is 38.0 Å². The Morgan fingerprint density at radius 2 is 1.77 bits per heavy atom. The van der Waals surface area contributed by atoms with Crippen LogP contribution in [0, 0.1) is 5.92 Å². The molecule has 3 N–H and O–H groups in total. The van der Waals surface area contributed by atoms with Gasteiger partial charge in [0.1, 0.15) is 0 Å². The first kappa shape index (κ1) is 11.0. The minimum Gasteiger partial charge on any atom is -0.326 e. The Morgan fingerprint density at radius 3 is 2.31 bits per heavy atom. The van der Waals surface area contributed by atoms with Crippen molar-refractivity contribution in [3.05, 3.63) is 0 Å². The van der Waals surface area contributed by atoms with Crippen LogP contribution in [0.15, 0.2) is 0 Å². The van der Waals surface area contributed by atoms with Gasteiger partial charge in [-0.2, -0.15) is 0 Å². The van der Waals surface area contributed by atoms with E-state index in [1.807, 2.05) is 0 Å². The zero-order chi connectivity index (χ0) is 9.84. The van der Waals surface area contributed by atoms with Gasteiger partial charge in [-0.1, -0.05) is 26.7 Å². The summed E-state index contributed by atoms with van der Waals surface area (Å²) < 4.78 is 0. The van der Waals surface area contributed by atoms with Crippen molar-refractivity contribution in [1.82, 2.24) is 5.32 Å². The van der Waals surface area contributed by atoms with Crippen molar-refractivity contribution in [2.24, 2.45) is 11.7 Å². The Kier molecular flexibility index (Phi) is 4.20. The molecular formula is C11H24N2. The normalized spacial score (nSPS) is 32.1. The molecule has 0 saturated heterocycles. The van der Waals surface area contributed by atoms with Crippen LogP contribution in [-0.2, 0) is 0 Å². The molecular weight excluding hydrogens is 160 g/mol. The van der Waals surface area contributed by atoms with E-state index in [4.69, 9.17) is 5.73 Å². The summed E-state index contributed by atoms with van der Waals surface area (Å²) in [4.78, 5) is 0. The van der Waals surface area contributed by atoms with Gasteiger partial charge in [-0.3, -0.25) is 0 Å². The van der Waals surface area contributed by atoms with Crippen molar-refractivity contribution in [1.29, 1.82) is 0 Å². The Balaban J connectivity index is 2.33. The molecule has 0 aromatic carbocycles. The summed E-state index contributed by atoms with van der Waals surface area (Å²) in [6.07, 6.45) is 5.12. The van der Waals surface area contributed by atoms with Crippen LogP contribution in [0.1, 0.15) is 46.5 Å². The van der Waals surface area contributed by atoms with Gasteiger partial charge in [-0.15, -0.1) is 0 Å². The van der Waals surface area contributed by atoms with Crippen molar-refractivity contribution in [3.8, 4) is 0 Å². The summed E-state index contributed by atoms with van der Waals surface area (Å²) in [6, 6.07) is 1.54. The first-order valence-electron chi connectivity index (χ1n) is 5.63. The van der Waals surface area contributed by atoms with E-state index < -0.39 is 0 Å². The van der Waals surface area contributed by atoms with Crippen molar-refractivity contribution in [3.63, 3.8) is 0 Å². The van der Waals surface area contributed by atoms with Gasteiger partial charge in [0, 0.05) is 18.1 Å². The van der Waals surface area contributed by atoms with Crippen molar-refractivity contribution >= 4 is 0 Å². The Hall–Kier alpha value is -0.0800. The van der Waals surface area contributed by atoms with Crippen molar-refractivity contribution in [2.75, 3.05) is 0 Å². The fraction of sp³-hybridized carbons (Fsp3) is 1.00. The molecule has 0 heterocycles. The summed E-state index contributed by atoms with van der Waals surface area (Å²) in [5, 5.41) is 3.64. The molecule has 1 rings (SSSR count). The molecule has 1 aliphatic carbocycles. The van der Waals surface area contributed by atoms with Crippen molar-refractivity contribution < 1.29 is 0 Å². The Bertz CT molecular complexity index is 145. The largest absolute Gasteiger partial charge is 0.326 e. The lowest BCUT2D eigenvalue weighted by Crippen LogP contribution is -2.51. The van der Waals surface area contributed by atoms with Gasteiger partial charge in [0.15, 0.2) is 0 Å². The Morgan fingerprint density at radius 1 is 1.15 bits per heavy atom. The third-order valence-electron chi connectivity index (χ3n) is 3.30. The first-order valence-corrected chi connectivity index (χ1v) is 5.63. The van der Waals surface area contributed by atoms with Gasteiger partial charge in [0.05, 0.1) is 0 Å². The van der Waals surface area contributed by atoms with Crippen LogP contribution in [0.2, 0.25) is 0 Å². The first-order chi connectivity index (χ1) is 6.11. The van der Waals surface area contributed by atoms with Gasteiger partial charge in [0.2, 0.25) is 0 Å². The minimum atomic E-state index is 0.384. The van der Waals surface area contributed by atoms with Crippen LogP contribution in [-0.4, -0.2) is 18.1 Å². The van der Waals surface area contributed by atoms with Crippen LogP contribution < -0.4 is 11.1 Å². The van der Waals surface area contributed by atoms with Crippen LogP contribution in [0.3, 0.4) is 0 Å². The molecule has 0 amide bonds. The molecule has 0 aromatic rings. The van der Waals surface area contributed by atoms with E-state index in [9.17, 15) is 0 Å². The lowest BCUT2D eigenvalue weighted by Gasteiger charge is -2.33. The fourth-order valence-electron chi connectivity index (χ4n) is 1.90. The third kappa shape index (κ3) is 3.28. The summed E-state index contributed by atoms with van der Waals surface area (Å²) in [5.74, 6) is 0.703.